The Bertz CT molecular complexity index is 1320. The van der Waals surface area contributed by atoms with Crippen molar-refractivity contribution in [1.29, 1.82) is 0 Å². The number of nitrogens with zero attached hydrogens (tertiary/aromatic N) is 2. The van der Waals surface area contributed by atoms with Crippen LogP contribution in [0.15, 0.2) is 62.6 Å². The number of hydrogen-bond donors (Lipinski definition) is 2. The van der Waals surface area contributed by atoms with Gasteiger partial charge in [0, 0.05) is 5.69 Å². The number of halogens is 1. The lowest BCUT2D eigenvalue weighted by Gasteiger charge is -2.15. The van der Waals surface area contributed by atoms with Crippen LogP contribution in [-0.2, 0) is 10.0 Å². The van der Waals surface area contributed by atoms with E-state index in [0.717, 1.165) is 31.9 Å². The van der Waals surface area contributed by atoms with E-state index in [0.29, 0.717) is 16.9 Å². The van der Waals surface area contributed by atoms with Gasteiger partial charge in [-0.1, -0.05) is 24.3 Å². The van der Waals surface area contributed by atoms with Crippen molar-refractivity contribution in [1.82, 2.24) is 9.97 Å². The number of fused-ring (bicyclic) bond motifs is 1. The Hall–Kier alpha value is -2.49. The average molecular weight is 489 g/mol. The molecule has 0 aliphatic heterocycles. The molecule has 2 heterocycles. The molecule has 0 spiro atoms. The first-order chi connectivity index (χ1) is 13.8. The number of aromatic nitrogens is 2. The van der Waals surface area contributed by atoms with Crippen molar-refractivity contribution in [3.05, 3.63) is 69.5 Å². The van der Waals surface area contributed by atoms with Crippen molar-refractivity contribution in [3.8, 4) is 0 Å². The van der Waals surface area contributed by atoms with Gasteiger partial charge in [-0.05, 0) is 71.2 Å². The van der Waals surface area contributed by atoms with Gasteiger partial charge in [-0.15, -0.1) is 11.3 Å². The average Bonchev–Trinajstić information content (AvgIpc) is 3.12. The molecule has 148 valence electrons. The predicted octanol–water partition coefficient (Wildman–Crippen LogP) is 5.62. The Kier molecular flexibility index (Phi) is 5.28. The van der Waals surface area contributed by atoms with Crippen molar-refractivity contribution in [3.63, 3.8) is 0 Å². The molecule has 2 aromatic carbocycles. The summed E-state index contributed by atoms with van der Waals surface area (Å²) in [4.78, 5) is 9.14. The lowest BCUT2D eigenvalue weighted by atomic mass is 10.1. The van der Waals surface area contributed by atoms with Gasteiger partial charge in [-0.2, -0.15) is 0 Å². The molecule has 4 rings (SSSR count). The predicted molar refractivity (Wildman–Crippen MR) is 122 cm³/mol. The maximum Gasteiger partial charge on any atom is 0.272 e. The van der Waals surface area contributed by atoms with E-state index in [1.54, 1.807) is 18.2 Å². The van der Waals surface area contributed by atoms with E-state index in [1.807, 2.05) is 50.2 Å². The zero-order valence-corrected chi connectivity index (χ0v) is 18.8. The van der Waals surface area contributed by atoms with Crippen LogP contribution < -0.4 is 10.0 Å². The van der Waals surface area contributed by atoms with Gasteiger partial charge >= 0.3 is 0 Å². The summed E-state index contributed by atoms with van der Waals surface area (Å²) in [6.45, 7) is 3.97. The minimum Gasteiger partial charge on any atom is -0.337 e. The molecule has 0 saturated heterocycles. The second kappa shape index (κ2) is 7.74. The zero-order valence-electron chi connectivity index (χ0n) is 15.6. The van der Waals surface area contributed by atoms with Crippen LogP contribution in [-0.4, -0.2) is 18.4 Å². The smallest absolute Gasteiger partial charge is 0.272 e. The van der Waals surface area contributed by atoms with Gasteiger partial charge in [-0.25, -0.2) is 18.4 Å². The molecule has 2 aromatic heterocycles. The second-order valence-electron chi connectivity index (χ2n) is 6.52. The molecule has 29 heavy (non-hydrogen) atoms. The van der Waals surface area contributed by atoms with Crippen molar-refractivity contribution >= 4 is 65.6 Å². The zero-order chi connectivity index (χ0) is 20.6. The number of nitrogens with one attached hydrogen (secondary N) is 2. The van der Waals surface area contributed by atoms with E-state index in [-0.39, 0.29) is 10.0 Å². The summed E-state index contributed by atoms with van der Waals surface area (Å²) in [6, 6.07) is 16.6. The monoisotopic (exact) mass is 488 g/mol. The summed E-state index contributed by atoms with van der Waals surface area (Å²) in [7, 11) is -3.80. The third kappa shape index (κ3) is 4.26. The number of thiophene rings is 1. The van der Waals surface area contributed by atoms with Crippen LogP contribution in [0.4, 0.5) is 17.3 Å². The molecule has 0 aliphatic carbocycles. The van der Waals surface area contributed by atoms with Crippen LogP contribution in [0.5, 0.6) is 0 Å². The number of sulfonamides is 1. The normalized spacial score (nSPS) is 11.6. The number of benzene rings is 2. The summed E-state index contributed by atoms with van der Waals surface area (Å²) in [5.74, 6) is 0.491. The van der Waals surface area contributed by atoms with E-state index < -0.39 is 10.0 Å². The first-order valence-corrected chi connectivity index (χ1v) is 11.8. The molecule has 0 saturated carbocycles. The minimum atomic E-state index is -3.80. The minimum absolute atomic E-state index is 0.147. The van der Waals surface area contributed by atoms with E-state index in [2.05, 4.69) is 35.9 Å². The number of hydrogen-bond acceptors (Lipinski definition) is 6. The Balaban J connectivity index is 1.81. The molecule has 9 heteroatoms. The third-order valence-corrected chi connectivity index (χ3v) is 7.72. The van der Waals surface area contributed by atoms with Crippen molar-refractivity contribution in [2.24, 2.45) is 0 Å². The first kappa shape index (κ1) is 19.8. The summed E-state index contributed by atoms with van der Waals surface area (Å²) in [5.41, 5.74) is 4.21. The third-order valence-electron chi connectivity index (χ3n) is 4.26. The Labute approximate surface area is 181 Å². The van der Waals surface area contributed by atoms with Gasteiger partial charge in [-0.3, -0.25) is 4.72 Å². The lowest BCUT2D eigenvalue weighted by molar-refractivity contribution is 0.603. The highest BCUT2D eigenvalue weighted by Gasteiger charge is 2.21. The highest BCUT2D eigenvalue weighted by Crippen LogP contribution is 2.31. The molecule has 2 N–H and O–H groups in total. The molecule has 0 bridgehead atoms. The molecule has 0 aliphatic rings. The maximum absolute atomic E-state index is 12.9. The van der Waals surface area contributed by atoms with Crippen LogP contribution in [0.1, 0.15) is 11.1 Å². The summed E-state index contributed by atoms with van der Waals surface area (Å²) in [5, 5.41) is 3.25. The largest absolute Gasteiger partial charge is 0.337 e. The van der Waals surface area contributed by atoms with Gasteiger partial charge < -0.3 is 5.32 Å². The van der Waals surface area contributed by atoms with Gasteiger partial charge in [0.25, 0.3) is 10.0 Å². The quantitative estimate of drug-likeness (QED) is 0.381. The number of para-hydroxylation sites is 2. The SMILES string of the molecule is Cc1ccc(C)c(Nc2nc3ccccc3nc2NS(=O)(=O)c2ccc(Br)s2)c1. The topological polar surface area (TPSA) is 84.0 Å². The van der Waals surface area contributed by atoms with E-state index in [9.17, 15) is 8.42 Å². The molecular formula is C20H17BrN4O2S2. The summed E-state index contributed by atoms with van der Waals surface area (Å²) >= 11 is 4.43. The van der Waals surface area contributed by atoms with Crippen LogP contribution in [0.2, 0.25) is 0 Å². The molecular weight excluding hydrogens is 472 g/mol. The number of rotatable bonds is 5. The molecule has 0 fully saturated rings. The highest BCUT2D eigenvalue weighted by atomic mass is 79.9. The fraction of sp³-hybridized carbons (Fsp3) is 0.100. The highest BCUT2D eigenvalue weighted by molar-refractivity contribution is 9.11. The summed E-state index contributed by atoms with van der Waals surface area (Å²) < 4.78 is 29.2. The van der Waals surface area contributed by atoms with Crippen LogP contribution in [0.25, 0.3) is 11.0 Å². The van der Waals surface area contributed by atoms with Gasteiger partial charge in [0.1, 0.15) is 4.21 Å². The van der Waals surface area contributed by atoms with E-state index >= 15 is 0 Å². The first-order valence-electron chi connectivity index (χ1n) is 8.71. The number of anilines is 3. The maximum atomic E-state index is 12.9. The van der Waals surface area contributed by atoms with Gasteiger partial charge in [0.05, 0.1) is 14.8 Å². The molecule has 0 atom stereocenters. The Morgan fingerprint density at radius 1 is 0.931 bits per heavy atom. The fourth-order valence-electron chi connectivity index (χ4n) is 2.78. The molecule has 6 nitrogen and oxygen atoms in total. The number of aryl methyl sites for hydroxylation is 2. The van der Waals surface area contributed by atoms with Crippen molar-refractivity contribution in [2.45, 2.75) is 18.1 Å². The fourth-order valence-corrected chi connectivity index (χ4v) is 5.80. The van der Waals surface area contributed by atoms with Crippen molar-refractivity contribution < 1.29 is 8.42 Å². The van der Waals surface area contributed by atoms with Crippen LogP contribution >= 0.6 is 27.3 Å². The Morgan fingerprint density at radius 2 is 1.62 bits per heavy atom. The van der Waals surface area contributed by atoms with Gasteiger partial charge in [0.2, 0.25) is 0 Å². The standard InChI is InChI=1S/C20H17BrN4O2S2/c1-12-7-8-13(2)16(11-12)24-19-20(23-15-6-4-3-5-14(15)22-19)25-29(26,27)18-10-9-17(21)28-18/h3-11H,1-2H3,(H,22,24)(H,23,25). The van der Waals surface area contributed by atoms with Crippen LogP contribution in [0.3, 0.4) is 0 Å². The van der Waals surface area contributed by atoms with Crippen molar-refractivity contribution in [2.75, 3.05) is 10.0 Å². The van der Waals surface area contributed by atoms with E-state index in [4.69, 9.17) is 0 Å². The second-order valence-corrected chi connectivity index (χ2v) is 10.9. The molecule has 0 amide bonds. The summed E-state index contributed by atoms with van der Waals surface area (Å²) in [6.07, 6.45) is 0. The molecule has 0 unspecified atom stereocenters. The molecule has 4 aromatic rings. The Morgan fingerprint density at radius 3 is 2.28 bits per heavy atom. The van der Waals surface area contributed by atoms with Gasteiger partial charge in [0.15, 0.2) is 11.6 Å². The van der Waals surface area contributed by atoms with Crippen LogP contribution in [0, 0.1) is 13.8 Å². The molecule has 0 radical (unpaired) electrons. The lowest BCUT2D eigenvalue weighted by Crippen LogP contribution is -2.15. The van der Waals surface area contributed by atoms with E-state index in [1.165, 1.54) is 0 Å².